The van der Waals surface area contributed by atoms with Crippen molar-refractivity contribution in [2.75, 3.05) is 13.7 Å². The zero-order valence-corrected chi connectivity index (χ0v) is 10.1. The van der Waals surface area contributed by atoms with Crippen LogP contribution >= 0.6 is 7.82 Å². The van der Waals surface area contributed by atoms with Crippen molar-refractivity contribution in [3.05, 3.63) is 0 Å². The molecule has 1 radical (unpaired) electrons. The van der Waals surface area contributed by atoms with E-state index in [0.29, 0.717) is 5.92 Å². The second-order valence-corrected chi connectivity index (χ2v) is 5.28. The fraction of sp³-hybridized carbons (Fsp3) is 1.00. The lowest BCUT2D eigenvalue weighted by atomic mass is 9.69. The first-order valence-corrected chi connectivity index (χ1v) is 6.46. The lowest BCUT2D eigenvalue weighted by Gasteiger charge is -2.14. The molecule has 7 heteroatoms. The third kappa shape index (κ3) is 3.89. The zero-order valence-electron chi connectivity index (χ0n) is 9.25. The highest BCUT2D eigenvalue weighted by Gasteiger charge is 2.32. The molecule has 1 unspecified atom stereocenters. The van der Waals surface area contributed by atoms with Crippen LogP contribution in [0.2, 0.25) is 6.82 Å². The van der Waals surface area contributed by atoms with Crippen LogP contribution in [0.5, 0.6) is 0 Å². The number of hydrogen-bond acceptors (Lipinski definition) is 4. The van der Waals surface area contributed by atoms with E-state index in [1.165, 1.54) is 0 Å². The van der Waals surface area contributed by atoms with E-state index in [1.807, 2.05) is 14.1 Å². The Morgan fingerprint density at radius 3 is 2.80 bits per heavy atom. The largest absolute Gasteiger partial charge is 0.472 e. The minimum Gasteiger partial charge on any atom is -0.381 e. The summed E-state index contributed by atoms with van der Waals surface area (Å²) in [4.78, 5) is 9.02. The van der Waals surface area contributed by atoms with Crippen LogP contribution < -0.4 is 0 Å². The molecule has 0 aromatic rings. The van der Waals surface area contributed by atoms with Gasteiger partial charge < -0.3 is 9.63 Å². The van der Waals surface area contributed by atoms with Crippen LogP contribution in [-0.4, -0.2) is 38.0 Å². The van der Waals surface area contributed by atoms with Gasteiger partial charge in [-0.2, -0.15) is 0 Å². The number of rotatable bonds is 5. The second kappa shape index (κ2) is 5.46. The summed E-state index contributed by atoms with van der Waals surface area (Å²) in [5, 5.41) is 0. The van der Waals surface area contributed by atoms with Crippen LogP contribution in [0.4, 0.5) is 0 Å². The molecule has 1 N–H and O–H groups in total. The van der Waals surface area contributed by atoms with Gasteiger partial charge in [-0.15, -0.1) is 0 Å². The molecule has 0 spiro atoms. The van der Waals surface area contributed by atoms with E-state index in [2.05, 4.69) is 11.4 Å². The summed E-state index contributed by atoms with van der Waals surface area (Å²) in [5.41, 5.74) is 0. The van der Waals surface area contributed by atoms with Crippen molar-refractivity contribution >= 4 is 15.1 Å². The number of hydrogen-bond donors (Lipinski definition) is 1. The maximum absolute atomic E-state index is 11.0. The summed E-state index contributed by atoms with van der Waals surface area (Å²) in [5.74, 6) is 0.421. The van der Waals surface area contributed by atoms with Crippen LogP contribution in [-0.2, 0) is 18.3 Å². The van der Waals surface area contributed by atoms with E-state index in [1.54, 1.807) is 0 Å². The average molecular weight is 235 g/mol. The monoisotopic (exact) mass is 235 g/mol. The molecule has 1 heterocycles. The Kier molecular flexibility index (Phi) is 4.80. The Hall–Kier alpha value is 0.135. The van der Waals surface area contributed by atoms with Gasteiger partial charge in [0.25, 0.3) is 0 Å². The molecule has 1 fully saturated rings. The molecule has 0 bridgehead atoms. The third-order valence-corrected chi connectivity index (χ3v) is 3.46. The molecule has 0 amide bonds. The van der Waals surface area contributed by atoms with Gasteiger partial charge in [-0.05, 0) is 12.3 Å². The summed E-state index contributed by atoms with van der Waals surface area (Å²) in [6, 6.07) is 0.110. The molecule has 5 nitrogen and oxygen atoms in total. The zero-order chi connectivity index (χ0) is 11.5. The quantitative estimate of drug-likeness (QED) is 0.573. The van der Waals surface area contributed by atoms with Crippen molar-refractivity contribution in [2.24, 2.45) is 5.92 Å². The molecule has 0 aromatic heterocycles. The Morgan fingerprint density at radius 2 is 2.33 bits per heavy atom. The van der Waals surface area contributed by atoms with E-state index in [-0.39, 0.29) is 18.7 Å². The predicted molar refractivity (Wildman–Crippen MR) is 56.8 cm³/mol. The number of ether oxygens (including phenoxy) is 1. The summed E-state index contributed by atoms with van der Waals surface area (Å²) < 4.78 is 25.7. The van der Waals surface area contributed by atoms with E-state index < -0.39 is 7.82 Å². The maximum atomic E-state index is 11.0. The van der Waals surface area contributed by atoms with Gasteiger partial charge in [0.2, 0.25) is 0 Å². The number of phosphoric ester groups is 1. The first-order valence-electron chi connectivity index (χ1n) is 4.96. The summed E-state index contributed by atoms with van der Waals surface area (Å²) in [6.07, 6.45) is 0.704. The van der Waals surface area contributed by atoms with Crippen molar-refractivity contribution in [3.8, 4) is 0 Å². The van der Waals surface area contributed by atoms with Gasteiger partial charge in [-0.3, -0.25) is 9.05 Å². The smallest absolute Gasteiger partial charge is 0.381 e. The summed E-state index contributed by atoms with van der Waals surface area (Å²) in [6.45, 7) is 4.12. The van der Waals surface area contributed by atoms with Crippen molar-refractivity contribution < 1.29 is 23.2 Å². The molecule has 1 aliphatic heterocycles. The van der Waals surface area contributed by atoms with Crippen molar-refractivity contribution in [2.45, 2.75) is 32.3 Å². The minimum absolute atomic E-state index is 0.0935. The van der Waals surface area contributed by atoms with Crippen molar-refractivity contribution in [3.63, 3.8) is 0 Å². The van der Waals surface area contributed by atoms with Gasteiger partial charge in [-0.25, -0.2) is 4.57 Å². The van der Waals surface area contributed by atoms with E-state index in [0.717, 1.165) is 13.5 Å². The molecule has 1 aliphatic rings. The molecule has 4 atom stereocenters. The lowest BCUT2D eigenvalue weighted by Crippen LogP contribution is -2.21. The standard InChI is InChI=1S/C8H17BO5P/c1-6-4-7(14-8(6)9-2)5-13-15(10,11)12-3/h6-8H,4-5H2,1-3H3,(H,10,11)/t6-,7-,8+/m0/s1. The highest BCUT2D eigenvalue weighted by atomic mass is 31.2. The first kappa shape index (κ1) is 13.2. The van der Waals surface area contributed by atoms with Crippen LogP contribution in [0.25, 0.3) is 0 Å². The Morgan fingerprint density at radius 1 is 1.67 bits per heavy atom. The van der Waals surface area contributed by atoms with E-state index in [9.17, 15) is 4.57 Å². The fourth-order valence-electron chi connectivity index (χ4n) is 1.71. The normalized spacial score (nSPS) is 35.1. The van der Waals surface area contributed by atoms with Crippen molar-refractivity contribution in [1.29, 1.82) is 0 Å². The predicted octanol–water partition coefficient (Wildman–Crippen LogP) is 1.25. The summed E-state index contributed by atoms with van der Waals surface area (Å²) >= 11 is 0. The van der Waals surface area contributed by atoms with Gasteiger partial charge in [0.05, 0.1) is 12.7 Å². The Labute approximate surface area is 91.0 Å². The molecule has 1 saturated heterocycles. The van der Waals surface area contributed by atoms with Gasteiger partial charge in [0.1, 0.15) is 7.28 Å². The van der Waals surface area contributed by atoms with Crippen molar-refractivity contribution in [1.82, 2.24) is 0 Å². The van der Waals surface area contributed by atoms with Gasteiger partial charge >= 0.3 is 7.82 Å². The van der Waals surface area contributed by atoms with Crippen LogP contribution in [0.1, 0.15) is 13.3 Å². The molecule has 87 valence electrons. The minimum atomic E-state index is -3.86. The highest BCUT2D eigenvalue weighted by molar-refractivity contribution is 7.47. The summed E-state index contributed by atoms with van der Waals surface area (Å²) in [7, 11) is -0.738. The SMILES string of the molecule is C[B][C@@H]1O[C@H](COP(=O)(O)OC)C[C@@H]1C. The molecule has 0 aromatic carbocycles. The van der Waals surface area contributed by atoms with Gasteiger partial charge in [-0.1, -0.05) is 13.7 Å². The lowest BCUT2D eigenvalue weighted by molar-refractivity contribution is 0.0345. The first-order chi connectivity index (χ1) is 6.98. The Balaban J connectivity index is 2.33. The maximum Gasteiger partial charge on any atom is 0.472 e. The van der Waals surface area contributed by atoms with E-state index >= 15 is 0 Å². The fourth-order valence-corrected chi connectivity index (χ4v) is 2.17. The topological polar surface area (TPSA) is 65.0 Å². The molecular formula is C8H17BO5P. The molecular weight excluding hydrogens is 218 g/mol. The van der Waals surface area contributed by atoms with E-state index in [4.69, 9.17) is 14.2 Å². The Bertz CT molecular complexity index is 249. The van der Waals surface area contributed by atoms with Crippen LogP contribution in [0, 0.1) is 5.92 Å². The van der Waals surface area contributed by atoms with Crippen LogP contribution in [0.3, 0.4) is 0 Å². The molecule has 1 rings (SSSR count). The second-order valence-electron chi connectivity index (χ2n) is 3.72. The molecule has 15 heavy (non-hydrogen) atoms. The third-order valence-electron chi connectivity index (χ3n) is 2.53. The highest BCUT2D eigenvalue weighted by Crippen LogP contribution is 2.42. The molecule has 0 saturated carbocycles. The number of phosphoric acid groups is 1. The van der Waals surface area contributed by atoms with Gasteiger partial charge in [0, 0.05) is 13.1 Å². The van der Waals surface area contributed by atoms with Crippen LogP contribution in [0.15, 0.2) is 0 Å². The molecule has 0 aliphatic carbocycles. The van der Waals surface area contributed by atoms with Gasteiger partial charge in [0.15, 0.2) is 0 Å². The average Bonchev–Trinajstić information content (AvgIpc) is 2.56.